The fourth-order valence-electron chi connectivity index (χ4n) is 8.66. The highest BCUT2D eigenvalue weighted by molar-refractivity contribution is 6.12. The summed E-state index contributed by atoms with van der Waals surface area (Å²) in [4.78, 5) is 0. The Morgan fingerprint density at radius 2 is 0.709 bits per heavy atom. The number of para-hydroxylation sites is 2. The van der Waals surface area contributed by atoms with Gasteiger partial charge in [0.25, 0.3) is 0 Å². The van der Waals surface area contributed by atoms with E-state index in [4.69, 9.17) is 0 Å². The Hall–Kier alpha value is -6.92. The van der Waals surface area contributed by atoms with E-state index in [0.29, 0.717) is 22.1 Å². The lowest BCUT2D eigenvalue weighted by Crippen LogP contribution is -1.97. The van der Waals surface area contributed by atoms with Crippen molar-refractivity contribution in [2.45, 2.75) is 6.42 Å². The number of hydrogen-bond donors (Lipinski definition) is 0. The summed E-state index contributed by atoms with van der Waals surface area (Å²) in [5.74, 6) is -1.40. The van der Waals surface area contributed by atoms with Crippen LogP contribution in [0.4, 0.5) is 17.6 Å². The van der Waals surface area contributed by atoms with Crippen molar-refractivity contribution < 1.29 is 17.6 Å². The topological polar surface area (TPSA) is 9.86 Å². The molecule has 0 bridgehead atoms. The van der Waals surface area contributed by atoms with Crippen LogP contribution in [0.3, 0.4) is 0 Å². The maximum atomic E-state index is 15.1. The van der Waals surface area contributed by atoms with Crippen molar-refractivity contribution in [1.29, 1.82) is 0 Å². The predicted molar refractivity (Wildman–Crippen MR) is 214 cm³/mol. The zero-order valence-corrected chi connectivity index (χ0v) is 29.1. The smallest absolute Gasteiger partial charge is 0.147 e. The fraction of sp³-hybridized carbons (Fsp3) is 0.0204. The van der Waals surface area contributed by atoms with E-state index in [9.17, 15) is 8.78 Å². The molecule has 2 aromatic heterocycles. The third-order valence-corrected chi connectivity index (χ3v) is 11.2. The van der Waals surface area contributed by atoms with Crippen LogP contribution in [0, 0.1) is 23.3 Å². The zero-order chi connectivity index (χ0) is 36.9. The lowest BCUT2D eigenvalue weighted by atomic mass is 9.95. The number of benzene rings is 8. The Kier molecular flexibility index (Phi) is 6.77. The second-order valence-corrected chi connectivity index (χ2v) is 14.3. The summed E-state index contributed by atoms with van der Waals surface area (Å²) >= 11 is 0. The molecule has 0 amide bonds. The molecule has 262 valence electrons. The number of nitrogens with zero attached hydrogens (tertiary/aromatic N) is 2. The van der Waals surface area contributed by atoms with E-state index in [2.05, 4.69) is 48.5 Å². The van der Waals surface area contributed by atoms with Gasteiger partial charge in [0.05, 0.1) is 33.4 Å². The maximum absolute atomic E-state index is 15.1. The van der Waals surface area contributed by atoms with Crippen molar-refractivity contribution in [3.8, 4) is 44.8 Å². The van der Waals surface area contributed by atoms with Crippen LogP contribution in [0.15, 0.2) is 158 Å². The van der Waals surface area contributed by atoms with Gasteiger partial charge in [0.1, 0.15) is 23.3 Å². The molecular weight excluding hydrogens is 693 g/mol. The number of halogens is 4. The molecule has 0 saturated heterocycles. The minimum atomic E-state index is -0.352. The highest BCUT2D eigenvalue weighted by Gasteiger charge is 2.22. The number of fused-ring (bicyclic) bond motifs is 9. The SMILES string of the molecule is Fc1ccc2c(c1)c1cc(-c3ccc4c(c3)-c3cc(-c5ccc6c(c5)c5cc(F)ccc5n6-c5ccccc5F)ccc3C4)ccc1n2-c1ccccc1F. The second kappa shape index (κ2) is 11.8. The van der Waals surface area contributed by atoms with Gasteiger partial charge < -0.3 is 9.13 Å². The second-order valence-electron chi connectivity index (χ2n) is 14.3. The first kappa shape index (κ1) is 31.6. The number of rotatable bonds is 4. The van der Waals surface area contributed by atoms with Crippen LogP contribution >= 0.6 is 0 Å². The summed E-state index contributed by atoms with van der Waals surface area (Å²) in [5.41, 5.74) is 12.6. The Bertz CT molecular complexity index is 3030. The van der Waals surface area contributed by atoms with Crippen molar-refractivity contribution in [2.24, 2.45) is 0 Å². The van der Waals surface area contributed by atoms with Gasteiger partial charge in [0.15, 0.2) is 0 Å². The average molecular weight is 721 g/mol. The highest BCUT2D eigenvalue weighted by atomic mass is 19.1. The lowest BCUT2D eigenvalue weighted by molar-refractivity contribution is 0.620. The molecule has 2 heterocycles. The minimum absolute atomic E-state index is 0.349. The van der Waals surface area contributed by atoms with Crippen LogP contribution in [-0.2, 0) is 6.42 Å². The van der Waals surface area contributed by atoms with Crippen LogP contribution in [0.25, 0.3) is 88.4 Å². The van der Waals surface area contributed by atoms with Crippen LogP contribution in [0.1, 0.15) is 11.1 Å². The van der Waals surface area contributed by atoms with Gasteiger partial charge in [0.2, 0.25) is 0 Å². The first-order valence-electron chi connectivity index (χ1n) is 18.1. The minimum Gasteiger partial charge on any atom is -0.306 e. The van der Waals surface area contributed by atoms with Gasteiger partial charge in [-0.1, -0.05) is 60.7 Å². The highest BCUT2D eigenvalue weighted by Crippen LogP contribution is 2.43. The Morgan fingerprint density at radius 3 is 1.15 bits per heavy atom. The van der Waals surface area contributed by atoms with E-state index in [0.717, 1.165) is 72.6 Å². The van der Waals surface area contributed by atoms with Gasteiger partial charge >= 0.3 is 0 Å². The third kappa shape index (κ3) is 4.81. The molecule has 1 aliphatic rings. The molecule has 2 nitrogen and oxygen atoms in total. The van der Waals surface area contributed by atoms with Crippen molar-refractivity contribution in [3.05, 3.63) is 192 Å². The van der Waals surface area contributed by atoms with E-state index < -0.39 is 0 Å². The third-order valence-electron chi connectivity index (χ3n) is 11.2. The molecular formula is C49H28F4N2. The zero-order valence-electron chi connectivity index (χ0n) is 29.1. The Balaban J connectivity index is 1.02. The molecule has 0 atom stereocenters. The van der Waals surface area contributed by atoms with E-state index in [-0.39, 0.29) is 23.3 Å². The lowest BCUT2D eigenvalue weighted by Gasteiger charge is -2.11. The number of aromatic nitrogens is 2. The average Bonchev–Trinajstić information content (AvgIpc) is 3.84. The largest absolute Gasteiger partial charge is 0.306 e. The molecule has 0 spiro atoms. The van der Waals surface area contributed by atoms with E-state index in [1.165, 1.54) is 47.5 Å². The summed E-state index contributed by atoms with van der Waals surface area (Å²) in [5, 5.41) is 3.11. The molecule has 0 fully saturated rings. The van der Waals surface area contributed by atoms with Crippen molar-refractivity contribution >= 4 is 43.6 Å². The maximum Gasteiger partial charge on any atom is 0.147 e. The van der Waals surface area contributed by atoms with Crippen LogP contribution in [0.5, 0.6) is 0 Å². The Labute approximate surface area is 312 Å². The van der Waals surface area contributed by atoms with Gasteiger partial charge in [-0.25, -0.2) is 17.6 Å². The normalized spacial score (nSPS) is 12.3. The Morgan fingerprint density at radius 1 is 0.345 bits per heavy atom. The van der Waals surface area contributed by atoms with E-state index in [1.54, 1.807) is 48.5 Å². The molecule has 0 saturated carbocycles. The molecule has 0 unspecified atom stereocenters. The summed E-state index contributed by atoms with van der Waals surface area (Å²) < 4.78 is 63.3. The number of hydrogen-bond acceptors (Lipinski definition) is 0. The molecule has 6 heteroatoms. The van der Waals surface area contributed by atoms with E-state index in [1.807, 2.05) is 33.4 Å². The molecule has 1 aliphatic carbocycles. The van der Waals surface area contributed by atoms with Crippen molar-refractivity contribution in [3.63, 3.8) is 0 Å². The van der Waals surface area contributed by atoms with Gasteiger partial charge in [-0.2, -0.15) is 0 Å². The molecule has 0 aliphatic heterocycles. The first-order valence-corrected chi connectivity index (χ1v) is 18.1. The molecule has 55 heavy (non-hydrogen) atoms. The van der Waals surface area contributed by atoms with Crippen LogP contribution in [0.2, 0.25) is 0 Å². The summed E-state index contributed by atoms with van der Waals surface area (Å²) in [7, 11) is 0. The molecule has 0 radical (unpaired) electrons. The monoisotopic (exact) mass is 720 g/mol. The van der Waals surface area contributed by atoms with Crippen molar-refractivity contribution in [1.82, 2.24) is 9.13 Å². The standard InChI is InChI=1S/C49H28F4N2/c50-34-15-19-46-40(26-34)38-24-30(13-17-44(38)54(46)48-7-3-1-5-42(48)52)28-9-11-32-21-33-12-10-29(23-37(33)36(32)22-28)31-14-18-45-39(25-31)41-27-35(51)16-20-47(41)55(45)49-8-4-2-6-43(49)53/h1-20,22-27H,21H2. The van der Waals surface area contributed by atoms with E-state index >= 15 is 8.78 Å². The summed E-state index contributed by atoms with van der Waals surface area (Å²) in [6.07, 6.45) is 0.814. The van der Waals surface area contributed by atoms with Gasteiger partial charge in [0, 0.05) is 21.5 Å². The molecule has 8 aromatic carbocycles. The first-order chi connectivity index (χ1) is 26.9. The summed E-state index contributed by atoms with van der Waals surface area (Å²) in [6.45, 7) is 0. The van der Waals surface area contributed by atoms with Crippen LogP contribution in [-0.4, -0.2) is 9.13 Å². The quantitative estimate of drug-likeness (QED) is 0.160. The summed E-state index contributed by atoms with van der Waals surface area (Å²) in [6, 6.07) is 47.8. The van der Waals surface area contributed by atoms with Gasteiger partial charge in [-0.05, 0) is 148 Å². The van der Waals surface area contributed by atoms with Gasteiger partial charge in [-0.3, -0.25) is 0 Å². The molecule has 10 aromatic rings. The predicted octanol–water partition coefficient (Wildman–Crippen LogP) is 13.3. The van der Waals surface area contributed by atoms with Gasteiger partial charge in [-0.15, -0.1) is 0 Å². The van der Waals surface area contributed by atoms with Crippen LogP contribution < -0.4 is 0 Å². The van der Waals surface area contributed by atoms with Crippen molar-refractivity contribution in [2.75, 3.05) is 0 Å². The fourth-order valence-corrected chi connectivity index (χ4v) is 8.66. The molecule has 0 N–H and O–H groups in total. The molecule has 11 rings (SSSR count).